The molecule has 0 aliphatic heterocycles. The summed E-state index contributed by atoms with van der Waals surface area (Å²) in [7, 11) is 0. The predicted molar refractivity (Wildman–Crippen MR) is 63.4 cm³/mol. The van der Waals surface area contributed by atoms with E-state index in [0.717, 1.165) is 6.29 Å². The van der Waals surface area contributed by atoms with Gasteiger partial charge < -0.3 is 9.47 Å². The number of ether oxygens (including phenoxy) is 2. The Hall–Kier alpha value is -1.51. The highest BCUT2D eigenvalue weighted by atomic mass is 16.5. The monoisotopic (exact) mass is 222 g/mol. The number of carbonyl (C=O) groups excluding carboxylic acids is 1. The molecule has 0 saturated carbocycles. The molecule has 0 unspecified atom stereocenters. The van der Waals surface area contributed by atoms with Crippen LogP contribution >= 0.6 is 0 Å². The number of aldehydes is 1. The minimum atomic E-state index is 0.0352. The van der Waals surface area contributed by atoms with Gasteiger partial charge in [0.1, 0.15) is 11.5 Å². The average Bonchev–Trinajstić information content (AvgIpc) is 2.16. The SMILES string of the molecule is CC(C)Oc1cccc(OC(C)C)c1C=O. The van der Waals surface area contributed by atoms with Gasteiger partial charge in [0.2, 0.25) is 0 Å². The largest absolute Gasteiger partial charge is 0.490 e. The first kappa shape index (κ1) is 12.6. The van der Waals surface area contributed by atoms with Gasteiger partial charge in [-0.15, -0.1) is 0 Å². The summed E-state index contributed by atoms with van der Waals surface area (Å²) in [5.41, 5.74) is 0.477. The molecular formula is C13H18O3. The molecule has 0 aliphatic carbocycles. The molecule has 1 rings (SSSR count). The fourth-order valence-corrected chi connectivity index (χ4v) is 1.35. The van der Waals surface area contributed by atoms with Crippen LogP contribution in [-0.2, 0) is 0 Å². The second-order valence-corrected chi connectivity index (χ2v) is 4.12. The zero-order chi connectivity index (χ0) is 12.1. The first-order valence-electron chi connectivity index (χ1n) is 5.46. The Morgan fingerprint density at radius 2 is 1.44 bits per heavy atom. The van der Waals surface area contributed by atoms with Crippen molar-refractivity contribution in [2.75, 3.05) is 0 Å². The van der Waals surface area contributed by atoms with E-state index in [1.54, 1.807) is 12.1 Å². The molecule has 0 heterocycles. The van der Waals surface area contributed by atoms with Crippen molar-refractivity contribution < 1.29 is 14.3 Å². The maximum absolute atomic E-state index is 11.1. The predicted octanol–water partition coefficient (Wildman–Crippen LogP) is 3.07. The summed E-state index contributed by atoms with van der Waals surface area (Å²) < 4.78 is 11.1. The highest BCUT2D eigenvalue weighted by Gasteiger charge is 2.12. The second-order valence-electron chi connectivity index (χ2n) is 4.12. The van der Waals surface area contributed by atoms with Crippen molar-refractivity contribution in [3.05, 3.63) is 23.8 Å². The van der Waals surface area contributed by atoms with E-state index in [-0.39, 0.29) is 12.2 Å². The van der Waals surface area contributed by atoms with Gasteiger partial charge in [-0.25, -0.2) is 0 Å². The standard InChI is InChI=1S/C13H18O3/c1-9(2)15-12-6-5-7-13(11(12)8-14)16-10(3)4/h5-10H,1-4H3. The third kappa shape index (κ3) is 3.26. The summed E-state index contributed by atoms with van der Waals surface area (Å²) in [4.78, 5) is 11.1. The number of benzene rings is 1. The van der Waals surface area contributed by atoms with E-state index in [0.29, 0.717) is 17.1 Å². The third-order valence-corrected chi connectivity index (χ3v) is 1.87. The molecule has 0 aliphatic rings. The molecule has 1 aromatic carbocycles. The molecule has 0 N–H and O–H groups in total. The van der Waals surface area contributed by atoms with Crippen molar-refractivity contribution in [2.24, 2.45) is 0 Å². The van der Waals surface area contributed by atoms with E-state index in [9.17, 15) is 4.79 Å². The van der Waals surface area contributed by atoms with E-state index in [2.05, 4.69) is 0 Å². The highest BCUT2D eigenvalue weighted by molar-refractivity contribution is 5.83. The Bertz CT molecular complexity index is 328. The summed E-state index contributed by atoms with van der Waals surface area (Å²) in [6, 6.07) is 5.37. The lowest BCUT2D eigenvalue weighted by molar-refractivity contribution is 0.111. The lowest BCUT2D eigenvalue weighted by Gasteiger charge is -2.16. The zero-order valence-electron chi connectivity index (χ0n) is 10.2. The average molecular weight is 222 g/mol. The van der Waals surface area contributed by atoms with Gasteiger partial charge in [0.25, 0.3) is 0 Å². The lowest BCUT2D eigenvalue weighted by atomic mass is 10.2. The Kier molecular flexibility index (Phi) is 4.35. The molecule has 88 valence electrons. The molecule has 3 nitrogen and oxygen atoms in total. The van der Waals surface area contributed by atoms with Crippen LogP contribution in [0.25, 0.3) is 0 Å². The molecule has 0 fully saturated rings. The van der Waals surface area contributed by atoms with Crippen molar-refractivity contribution in [2.45, 2.75) is 39.9 Å². The van der Waals surface area contributed by atoms with Crippen molar-refractivity contribution in [1.29, 1.82) is 0 Å². The molecular weight excluding hydrogens is 204 g/mol. The van der Waals surface area contributed by atoms with Crippen LogP contribution in [0, 0.1) is 0 Å². The van der Waals surface area contributed by atoms with E-state index < -0.39 is 0 Å². The second kappa shape index (κ2) is 5.54. The van der Waals surface area contributed by atoms with Crippen LogP contribution in [0.4, 0.5) is 0 Å². The minimum Gasteiger partial charge on any atom is -0.490 e. The summed E-state index contributed by atoms with van der Waals surface area (Å²) in [6.45, 7) is 7.68. The molecule has 3 heteroatoms. The van der Waals surface area contributed by atoms with Gasteiger partial charge >= 0.3 is 0 Å². The summed E-state index contributed by atoms with van der Waals surface area (Å²) >= 11 is 0. The van der Waals surface area contributed by atoms with Gasteiger partial charge in [0, 0.05) is 0 Å². The molecule has 1 aromatic rings. The van der Waals surface area contributed by atoms with Gasteiger partial charge in [0.15, 0.2) is 6.29 Å². The zero-order valence-corrected chi connectivity index (χ0v) is 10.2. The Morgan fingerprint density at radius 1 is 1.00 bits per heavy atom. The molecule has 0 atom stereocenters. The maximum atomic E-state index is 11.1. The van der Waals surface area contributed by atoms with E-state index >= 15 is 0 Å². The van der Waals surface area contributed by atoms with Crippen LogP contribution in [0.3, 0.4) is 0 Å². The van der Waals surface area contributed by atoms with Crippen LogP contribution in [0.15, 0.2) is 18.2 Å². The van der Waals surface area contributed by atoms with Crippen molar-refractivity contribution >= 4 is 6.29 Å². The molecule has 0 saturated heterocycles. The van der Waals surface area contributed by atoms with Crippen LogP contribution in [0.5, 0.6) is 11.5 Å². The van der Waals surface area contributed by atoms with E-state index in [1.165, 1.54) is 0 Å². The van der Waals surface area contributed by atoms with Crippen molar-refractivity contribution in [3.8, 4) is 11.5 Å². The Labute approximate surface area is 96.4 Å². The topological polar surface area (TPSA) is 35.5 Å². The number of hydrogen-bond acceptors (Lipinski definition) is 3. The highest BCUT2D eigenvalue weighted by Crippen LogP contribution is 2.28. The molecule has 0 radical (unpaired) electrons. The Morgan fingerprint density at radius 3 is 1.75 bits per heavy atom. The fourth-order valence-electron chi connectivity index (χ4n) is 1.35. The first-order valence-corrected chi connectivity index (χ1v) is 5.46. The first-order chi connectivity index (χ1) is 7.54. The van der Waals surface area contributed by atoms with Crippen molar-refractivity contribution in [1.82, 2.24) is 0 Å². The summed E-state index contributed by atoms with van der Waals surface area (Å²) in [6.07, 6.45) is 0.844. The van der Waals surface area contributed by atoms with Gasteiger partial charge in [-0.2, -0.15) is 0 Å². The van der Waals surface area contributed by atoms with E-state index in [4.69, 9.17) is 9.47 Å². The summed E-state index contributed by atoms with van der Waals surface area (Å²) in [5.74, 6) is 1.14. The van der Waals surface area contributed by atoms with Gasteiger partial charge in [-0.1, -0.05) is 6.07 Å². The quantitative estimate of drug-likeness (QED) is 0.718. The van der Waals surface area contributed by atoms with Crippen LogP contribution in [-0.4, -0.2) is 18.5 Å². The molecule has 16 heavy (non-hydrogen) atoms. The van der Waals surface area contributed by atoms with Gasteiger partial charge in [-0.3, -0.25) is 4.79 Å². The molecule has 0 aromatic heterocycles. The maximum Gasteiger partial charge on any atom is 0.157 e. The smallest absolute Gasteiger partial charge is 0.157 e. The van der Waals surface area contributed by atoms with Crippen LogP contribution in [0.1, 0.15) is 38.1 Å². The summed E-state index contributed by atoms with van der Waals surface area (Å²) in [5, 5.41) is 0. The molecule has 0 amide bonds. The van der Waals surface area contributed by atoms with Gasteiger partial charge in [0.05, 0.1) is 17.8 Å². The lowest BCUT2D eigenvalue weighted by Crippen LogP contribution is -2.11. The number of carbonyl (C=O) groups is 1. The van der Waals surface area contributed by atoms with Gasteiger partial charge in [-0.05, 0) is 39.8 Å². The Balaban J connectivity index is 3.05. The third-order valence-electron chi connectivity index (χ3n) is 1.87. The van der Waals surface area contributed by atoms with E-state index in [1.807, 2.05) is 33.8 Å². The number of hydrogen-bond donors (Lipinski definition) is 0. The number of rotatable bonds is 5. The van der Waals surface area contributed by atoms with Crippen LogP contribution in [0.2, 0.25) is 0 Å². The fraction of sp³-hybridized carbons (Fsp3) is 0.462. The molecule has 0 spiro atoms. The molecule has 0 bridgehead atoms. The normalized spacial score (nSPS) is 10.6. The van der Waals surface area contributed by atoms with Crippen LogP contribution < -0.4 is 9.47 Å². The minimum absolute atomic E-state index is 0.0352. The van der Waals surface area contributed by atoms with Crippen molar-refractivity contribution in [3.63, 3.8) is 0 Å².